The van der Waals surface area contributed by atoms with Crippen molar-refractivity contribution in [3.8, 4) is 16.9 Å². The van der Waals surface area contributed by atoms with Crippen LogP contribution < -0.4 is 5.73 Å². The second kappa shape index (κ2) is 6.94. The van der Waals surface area contributed by atoms with E-state index in [1.807, 2.05) is 0 Å². The van der Waals surface area contributed by atoms with Crippen molar-refractivity contribution in [2.24, 2.45) is 0 Å². The van der Waals surface area contributed by atoms with E-state index in [1.165, 1.54) is 15.3 Å². The molecule has 0 aliphatic heterocycles. The second-order valence-electron chi connectivity index (χ2n) is 5.45. The first kappa shape index (κ1) is 18.2. The topological polar surface area (TPSA) is 111 Å². The second-order valence-corrected chi connectivity index (χ2v) is 5.86. The first-order valence-electron chi connectivity index (χ1n) is 7.39. The number of hydrogen-bond donors (Lipinski definition) is 3. The van der Waals surface area contributed by atoms with Crippen molar-refractivity contribution in [1.82, 2.24) is 29.8 Å². The van der Waals surface area contributed by atoms with Gasteiger partial charge in [-0.3, -0.25) is 9.67 Å². The van der Waals surface area contributed by atoms with Crippen LogP contribution in [-0.4, -0.2) is 41.5 Å². The number of nitrogens with one attached hydrogen (secondary N) is 1. The van der Waals surface area contributed by atoms with Gasteiger partial charge in [0.1, 0.15) is 0 Å². The Morgan fingerprint density at radius 2 is 2.15 bits per heavy atom. The Hall–Kier alpha value is -2.62. The molecule has 0 bridgehead atoms. The van der Waals surface area contributed by atoms with E-state index in [4.69, 9.17) is 22.4 Å². The number of rotatable bonds is 4. The number of aliphatic hydroxyl groups is 1. The molecule has 11 heteroatoms. The van der Waals surface area contributed by atoms with Crippen LogP contribution in [0.5, 0.6) is 0 Å². The molecule has 0 fully saturated rings. The van der Waals surface area contributed by atoms with Crippen molar-refractivity contribution >= 4 is 40.6 Å². The molecular formula is C15H14Cl2FN7O. The fourth-order valence-electron chi connectivity index (χ4n) is 2.81. The Bertz CT molecular complexity index is 1060. The number of benzene rings is 1. The van der Waals surface area contributed by atoms with Crippen LogP contribution in [-0.2, 0) is 6.54 Å². The first-order valence-corrected chi connectivity index (χ1v) is 7.77. The molecule has 3 aromatic heterocycles. The quantitative estimate of drug-likeness (QED) is 0.458. The average Bonchev–Trinajstić information content (AvgIpc) is 3.31. The van der Waals surface area contributed by atoms with Gasteiger partial charge in [-0.1, -0.05) is 16.8 Å². The van der Waals surface area contributed by atoms with Crippen molar-refractivity contribution in [3.05, 3.63) is 41.7 Å². The number of aliphatic hydroxyl groups excluding tert-OH is 1. The molecule has 136 valence electrons. The van der Waals surface area contributed by atoms with Crippen molar-refractivity contribution in [3.63, 3.8) is 0 Å². The highest BCUT2D eigenvalue weighted by molar-refractivity contribution is 6.32. The van der Waals surface area contributed by atoms with Gasteiger partial charge in [-0.2, -0.15) is 5.10 Å². The molecule has 0 spiro atoms. The van der Waals surface area contributed by atoms with Gasteiger partial charge in [-0.05, 0) is 6.07 Å². The summed E-state index contributed by atoms with van der Waals surface area (Å²) < 4.78 is 17.8. The predicted molar refractivity (Wildman–Crippen MR) is 98.2 cm³/mol. The lowest BCUT2D eigenvalue weighted by Gasteiger charge is -2.05. The number of anilines is 1. The fourth-order valence-corrected chi connectivity index (χ4v) is 3.01. The highest BCUT2D eigenvalue weighted by Crippen LogP contribution is 2.39. The minimum Gasteiger partial charge on any atom is -0.398 e. The smallest absolute Gasteiger partial charge is 0.179 e. The molecule has 0 saturated carbocycles. The Labute approximate surface area is 157 Å². The van der Waals surface area contributed by atoms with Gasteiger partial charge in [0.15, 0.2) is 11.6 Å². The summed E-state index contributed by atoms with van der Waals surface area (Å²) in [5.74, 6) is -0.217. The van der Waals surface area contributed by atoms with Gasteiger partial charge in [0, 0.05) is 34.6 Å². The minimum atomic E-state index is -0.600. The van der Waals surface area contributed by atoms with E-state index < -0.39 is 5.82 Å². The maximum Gasteiger partial charge on any atom is 0.179 e. The molecule has 3 heterocycles. The molecule has 0 aliphatic rings. The van der Waals surface area contributed by atoms with Crippen LogP contribution in [0.1, 0.15) is 0 Å². The molecule has 0 atom stereocenters. The summed E-state index contributed by atoms with van der Waals surface area (Å²) in [6.45, 7) is 0.203. The van der Waals surface area contributed by atoms with Crippen molar-refractivity contribution in [2.45, 2.75) is 6.54 Å². The van der Waals surface area contributed by atoms with Gasteiger partial charge < -0.3 is 10.8 Å². The maximum absolute atomic E-state index is 14.8. The largest absolute Gasteiger partial charge is 0.398 e. The standard InChI is InChI=1S/C15H13ClFN7O.ClH/c16-10-3-11(18)13-9(8-4-19-20-5-8)6-24(15(13)14(10)17)12-7-23(1-2-25)22-21-12;/h3-7,25H,1-2,18H2,(H,19,20);1H. The molecule has 0 saturated heterocycles. The number of aromatic amines is 1. The van der Waals surface area contributed by atoms with Crippen LogP contribution in [0, 0.1) is 5.82 Å². The number of fused-ring (bicyclic) bond motifs is 1. The van der Waals surface area contributed by atoms with E-state index in [1.54, 1.807) is 24.8 Å². The molecule has 8 nitrogen and oxygen atoms in total. The zero-order valence-electron chi connectivity index (χ0n) is 13.2. The van der Waals surface area contributed by atoms with Crippen LogP contribution in [0.15, 0.2) is 30.9 Å². The normalized spacial score (nSPS) is 11.0. The number of halogens is 3. The summed E-state index contributed by atoms with van der Waals surface area (Å²) in [5, 5.41) is 24.1. The van der Waals surface area contributed by atoms with E-state index in [0.29, 0.717) is 22.5 Å². The molecule has 4 aromatic rings. The summed E-state index contributed by atoms with van der Waals surface area (Å²) in [6.07, 6.45) is 6.62. The summed E-state index contributed by atoms with van der Waals surface area (Å²) in [6, 6.07) is 1.38. The summed E-state index contributed by atoms with van der Waals surface area (Å²) in [7, 11) is 0. The molecule has 4 rings (SSSR count). The number of H-pyrrole nitrogens is 1. The van der Waals surface area contributed by atoms with E-state index in [0.717, 1.165) is 5.56 Å². The lowest BCUT2D eigenvalue weighted by atomic mass is 10.1. The van der Waals surface area contributed by atoms with Gasteiger partial charge >= 0.3 is 0 Å². The zero-order chi connectivity index (χ0) is 17.6. The Morgan fingerprint density at radius 3 is 2.85 bits per heavy atom. The van der Waals surface area contributed by atoms with E-state index in [9.17, 15) is 4.39 Å². The number of aromatic nitrogens is 6. The van der Waals surface area contributed by atoms with Crippen LogP contribution >= 0.6 is 24.0 Å². The van der Waals surface area contributed by atoms with Gasteiger partial charge in [0.2, 0.25) is 0 Å². The Kier molecular flexibility index (Phi) is 4.86. The summed E-state index contributed by atoms with van der Waals surface area (Å²) in [5.41, 5.74) is 8.10. The van der Waals surface area contributed by atoms with Gasteiger partial charge in [-0.25, -0.2) is 9.07 Å². The third-order valence-electron chi connectivity index (χ3n) is 3.91. The number of hydrogen-bond acceptors (Lipinski definition) is 5. The molecule has 1 aromatic carbocycles. The van der Waals surface area contributed by atoms with E-state index in [2.05, 4.69) is 20.5 Å². The van der Waals surface area contributed by atoms with E-state index in [-0.39, 0.29) is 36.1 Å². The van der Waals surface area contributed by atoms with Crippen molar-refractivity contribution in [2.75, 3.05) is 12.3 Å². The average molecular weight is 398 g/mol. The molecule has 0 amide bonds. The van der Waals surface area contributed by atoms with Crippen molar-refractivity contribution in [1.29, 1.82) is 0 Å². The van der Waals surface area contributed by atoms with Crippen LogP contribution in [0.25, 0.3) is 27.8 Å². The minimum absolute atomic E-state index is 0. The molecule has 0 aliphatic carbocycles. The van der Waals surface area contributed by atoms with E-state index >= 15 is 0 Å². The molecular weight excluding hydrogens is 384 g/mol. The SMILES string of the molecule is Cl.Nc1cc(Cl)c(F)c2c1c(-c1cn[nH]c1)cn2-c1cn(CCO)nn1. The van der Waals surface area contributed by atoms with Crippen molar-refractivity contribution < 1.29 is 9.50 Å². The molecule has 0 radical (unpaired) electrons. The lowest BCUT2D eigenvalue weighted by Crippen LogP contribution is -2.02. The first-order chi connectivity index (χ1) is 12.1. The Balaban J connectivity index is 0.00000196. The van der Waals surface area contributed by atoms with Crippen LogP contribution in [0.3, 0.4) is 0 Å². The molecule has 0 unspecified atom stereocenters. The summed E-state index contributed by atoms with van der Waals surface area (Å²) >= 11 is 5.98. The summed E-state index contributed by atoms with van der Waals surface area (Å²) in [4.78, 5) is 0. The predicted octanol–water partition coefficient (Wildman–Crippen LogP) is 2.40. The number of nitrogen functional groups attached to an aromatic ring is 1. The molecule has 4 N–H and O–H groups in total. The van der Waals surface area contributed by atoms with Crippen LogP contribution in [0.4, 0.5) is 10.1 Å². The lowest BCUT2D eigenvalue weighted by molar-refractivity contribution is 0.268. The number of nitrogens with two attached hydrogens (primary N) is 1. The highest BCUT2D eigenvalue weighted by Gasteiger charge is 2.21. The fraction of sp³-hybridized carbons (Fsp3) is 0.133. The highest BCUT2D eigenvalue weighted by atomic mass is 35.5. The maximum atomic E-state index is 14.8. The van der Waals surface area contributed by atoms with Gasteiger partial charge in [-0.15, -0.1) is 17.5 Å². The van der Waals surface area contributed by atoms with Gasteiger partial charge in [0.05, 0.1) is 36.1 Å². The monoisotopic (exact) mass is 397 g/mol. The van der Waals surface area contributed by atoms with Gasteiger partial charge in [0.25, 0.3) is 0 Å². The zero-order valence-corrected chi connectivity index (χ0v) is 14.8. The third-order valence-corrected chi connectivity index (χ3v) is 4.18. The van der Waals surface area contributed by atoms with Crippen LogP contribution in [0.2, 0.25) is 5.02 Å². The Morgan fingerprint density at radius 1 is 1.35 bits per heavy atom. The third kappa shape index (κ3) is 2.79. The molecule has 26 heavy (non-hydrogen) atoms. The number of nitrogens with zero attached hydrogens (tertiary/aromatic N) is 5.